The third kappa shape index (κ3) is 2.72. The fourth-order valence-electron chi connectivity index (χ4n) is 5.35. The maximum atomic E-state index is 13.8. The fourth-order valence-corrected chi connectivity index (χ4v) is 5.81. The van der Waals surface area contributed by atoms with E-state index in [9.17, 15) is 19.2 Å². The predicted octanol–water partition coefficient (Wildman–Crippen LogP) is 4.80. The van der Waals surface area contributed by atoms with Gasteiger partial charge in [-0.25, -0.2) is 4.90 Å². The molecule has 3 aliphatic rings. The summed E-state index contributed by atoms with van der Waals surface area (Å²) in [5.41, 5.74) is -0.823. The Morgan fingerprint density at radius 3 is 2.09 bits per heavy atom. The average Bonchev–Trinajstić information content (AvgIpc) is 3.40. The Labute approximate surface area is 207 Å². The molecule has 1 aliphatic carbocycles. The molecule has 2 amide bonds. The van der Waals surface area contributed by atoms with Crippen molar-refractivity contribution in [2.75, 3.05) is 4.90 Å². The van der Waals surface area contributed by atoms with Gasteiger partial charge in [-0.15, -0.1) is 0 Å². The Bertz CT molecular complexity index is 1380. The zero-order valence-electron chi connectivity index (χ0n) is 17.4. The molecule has 3 aromatic rings. The number of fused-ring (bicyclic) bond motifs is 3. The third-order valence-electron chi connectivity index (χ3n) is 6.78. The number of hydrogen-bond acceptors (Lipinski definition) is 5. The van der Waals surface area contributed by atoms with Crippen LogP contribution in [-0.2, 0) is 14.3 Å². The second kappa shape index (κ2) is 7.43. The first kappa shape index (κ1) is 21.4. The highest BCUT2D eigenvalue weighted by atomic mass is 79.9. The summed E-state index contributed by atoms with van der Waals surface area (Å²) in [5.74, 6) is -4.68. The molecule has 1 spiro atoms. The number of rotatable bonds is 2. The zero-order chi connectivity index (χ0) is 23.8. The summed E-state index contributed by atoms with van der Waals surface area (Å²) in [7, 11) is 0. The van der Waals surface area contributed by atoms with E-state index in [2.05, 4.69) is 15.9 Å². The van der Waals surface area contributed by atoms with E-state index in [0.29, 0.717) is 16.3 Å². The minimum Gasteiger partial charge on any atom is -0.349 e. The Balaban J connectivity index is 1.55. The van der Waals surface area contributed by atoms with Crippen LogP contribution < -0.4 is 4.90 Å². The minimum absolute atomic E-state index is 0.195. The van der Waals surface area contributed by atoms with Crippen molar-refractivity contribution < 1.29 is 23.9 Å². The Morgan fingerprint density at radius 1 is 0.824 bits per heavy atom. The van der Waals surface area contributed by atoms with E-state index >= 15 is 0 Å². The van der Waals surface area contributed by atoms with Gasteiger partial charge in [0.05, 0.1) is 23.6 Å². The smallest absolute Gasteiger partial charge is 0.241 e. The zero-order valence-corrected chi connectivity index (χ0v) is 19.7. The summed E-state index contributed by atoms with van der Waals surface area (Å²) < 4.78 is 7.02. The highest BCUT2D eigenvalue weighted by molar-refractivity contribution is 9.10. The summed E-state index contributed by atoms with van der Waals surface area (Å²) >= 11 is 9.55. The monoisotopic (exact) mass is 535 g/mol. The number of ketones is 2. The molecule has 0 unspecified atom stereocenters. The molecule has 6 nitrogen and oxygen atoms in total. The van der Waals surface area contributed by atoms with Crippen molar-refractivity contribution in [1.29, 1.82) is 0 Å². The Morgan fingerprint density at radius 2 is 1.47 bits per heavy atom. The lowest BCUT2D eigenvalue weighted by atomic mass is 9.77. The van der Waals surface area contributed by atoms with Crippen LogP contribution in [0, 0.1) is 11.8 Å². The number of ether oxygens (including phenoxy) is 1. The van der Waals surface area contributed by atoms with Crippen LogP contribution in [0.15, 0.2) is 77.3 Å². The van der Waals surface area contributed by atoms with E-state index in [-0.39, 0.29) is 11.1 Å². The van der Waals surface area contributed by atoms with Gasteiger partial charge in [-0.1, -0.05) is 63.9 Å². The van der Waals surface area contributed by atoms with Crippen LogP contribution >= 0.6 is 27.5 Å². The highest BCUT2D eigenvalue weighted by Gasteiger charge is 2.74. The SMILES string of the molecule is O=C1[C@H]2[C@@H](C(=O)N1c1ccc(Br)cc1)C1(O[C@H]2c2cccc(Cl)c2)C(=O)c2ccccc2C1=O. The molecule has 3 aromatic carbocycles. The number of imide groups is 1. The van der Waals surface area contributed by atoms with Crippen LogP contribution in [0.1, 0.15) is 32.4 Å². The lowest BCUT2D eigenvalue weighted by Gasteiger charge is -2.27. The van der Waals surface area contributed by atoms with Crippen molar-refractivity contribution in [2.24, 2.45) is 11.8 Å². The number of nitrogens with zero attached hydrogens (tertiary/aromatic N) is 1. The van der Waals surface area contributed by atoms with Crippen LogP contribution in [0.5, 0.6) is 0 Å². The van der Waals surface area contributed by atoms with Gasteiger partial charge >= 0.3 is 0 Å². The molecule has 0 saturated carbocycles. The van der Waals surface area contributed by atoms with Gasteiger partial charge in [0.1, 0.15) is 0 Å². The van der Waals surface area contributed by atoms with E-state index in [0.717, 1.165) is 9.37 Å². The average molecular weight is 537 g/mol. The van der Waals surface area contributed by atoms with E-state index in [4.69, 9.17) is 16.3 Å². The number of Topliss-reactive ketones (excluding diaryl/α,β-unsaturated/α-hetero) is 2. The van der Waals surface area contributed by atoms with Crippen LogP contribution in [-0.4, -0.2) is 29.0 Å². The molecule has 6 rings (SSSR count). The van der Waals surface area contributed by atoms with Gasteiger partial charge < -0.3 is 4.74 Å². The van der Waals surface area contributed by atoms with Gasteiger partial charge in [-0.2, -0.15) is 0 Å². The van der Waals surface area contributed by atoms with Crippen molar-refractivity contribution in [3.63, 3.8) is 0 Å². The number of carbonyl (C=O) groups is 4. The summed E-state index contributed by atoms with van der Waals surface area (Å²) in [4.78, 5) is 56.0. The first-order valence-corrected chi connectivity index (χ1v) is 11.8. The summed E-state index contributed by atoms with van der Waals surface area (Å²) in [6, 6.07) is 19.8. The van der Waals surface area contributed by atoms with E-state index in [1.807, 2.05) is 0 Å². The second-order valence-electron chi connectivity index (χ2n) is 8.52. The van der Waals surface area contributed by atoms with E-state index in [1.165, 1.54) is 0 Å². The molecular weight excluding hydrogens is 522 g/mol. The molecule has 2 saturated heterocycles. The lowest BCUT2D eigenvalue weighted by Crippen LogP contribution is -2.51. The summed E-state index contributed by atoms with van der Waals surface area (Å²) in [6.07, 6.45) is -0.997. The van der Waals surface area contributed by atoms with Crippen LogP contribution in [0.3, 0.4) is 0 Å². The number of amides is 2. The number of halogens is 2. The van der Waals surface area contributed by atoms with E-state index in [1.54, 1.807) is 72.8 Å². The molecular formula is C26H15BrClNO5. The fraction of sp³-hybridized carbons (Fsp3) is 0.154. The normalized spacial score (nSPS) is 24.8. The van der Waals surface area contributed by atoms with Gasteiger partial charge in [-0.3, -0.25) is 19.2 Å². The Kier molecular flexibility index (Phi) is 4.68. The molecule has 0 bridgehead atoms. The number of carbonyl (C=O) groups excluding carboxylic acids is 4. The summed E-state index contributed by atoms with van der Waals surface area (Å²) in [5, 5.41) is 0.410. The molecule has 0 radical (unpaired) electrons. The quantitative estimate of drug-likeness (QED) is 0.347. The lowest BCUT2D eigenvalue weighted by molar-refractivity contribution is -0.127. The topological polar surface area (TPSA) is 80.8 Å². The summed E-state index contributed by atoms with van der Waals surface area (Å²) in [6.45, 7) is 0. The number of hydrogen-bond donors (Lipinski definition) is 0. The predicted molar refractivity (Wildman–Crippen MR) is 127 cm³/mol. The van der Waals surface area contributed by atoms with Crippen molar-refractivity contribution in [3.05, 3.63) is 99.0 Å². The van der Waals surface area contributed by atoms with Gasteiger partial charge in [0.25, 0.3) is 0 Å². The van der Waals surface area contributed by atoms with Crippen molar-refractivity contribution in [1.82, 2.24) is 0 Å². The van der Waals surface area contributed by atoms with Crippen LogP contribution in [0.25, 0.3) is 0 Å². The van der Waals surface area contributed by atoms with Gasteiger partial charge in [0, 0.05) is 20.6 Å². The first-order chi connectivity index (χ1) is 16.3. The number of benzene rings is 3. The third-order valence-corrected chi connectivity index (χ3v) is 7.54. The standard InChI is InChI=1S/C26H15BrClNO5/c27-14-8-10-16(11-9-14)29-24(32)19-20(25(29)33)26(34-21(19)13-4-3-5-15(28)12-13)22(30)17-6-1-2-7-18(17)23(26)31/h1-12,19-21H/t19-,20-,21-/m0/s1. The van der Waals surface area contributed by atoms with Gasteiger partial charge in [-0.05, 0) is 42.0 Å². The molecule has 0 N–H and O–H groups in total. The van der Waals surface area contributed by atoms with Gasteiger partial charge in [0.15, 0.2) is 0 Å². The molecule has 2 heterocycles. The molecule has 168 valence electrons. The molecule has 2 aliphatic heterocycles. The second-order valence-corrected chi connectivity index (χ2v) is 9.88. The minimum atomic E-state index is -2.10. The molecule has 0 aromatic heterocycles. The van der Waals surface area contributed by atoms with E-state index < -0.39 is 46.9 Å². The van der Waals surface area contributed by atoms with Crippen molar-refractivity contribution >= 4 is 56.6 Å². The first-order valence-electron chi connectivity index (χ1n) is 10.6. The Hall–Kier alpha value is -3.13. The maximum Gasteiger partial charge on any atom is 0.241 e. The molecule has 8 heteroatoms. The number of anilines is 1. The van der Waals surface area contributed by atoms with Crippen molar-refractivity contribution in [2.45, 2.75) is 11.7 Å². The molecule has 3 atom stereocenters. The van der Waals surface area contributed by atoms with Crippen LogP contribution in [0.2, 0.25) is 5.02 Å². The van der Waals surface area contributed by atoms with Crippen molar-refractivity contribution in [3.8, 4) is 0 Å². The molecule has 34 heavy (non-hydrogen) atoms. The maximum absolute atomic E-state index is 13.8. The largest absolute Gasteiger partial charge is 0.349 e. The van der Waals surface area contributed by atoms with Crippen LogP contribution in [0.4, 0.5) is 5.69 Å². The molecule has 2 fully saturated rings. The van der Waals surface area contributed by atoms with Gasteiger partial charge in [0.2, 0.25) is 29.0 Å². The highest BCUT2D eigenvalue weighted by Crippen LogP contribution is 2.57.